The molecule has 1 saturated carbocycles. The average Bonchev–Trinajstić information content (AvgIpc) is 3.31. The monoisotopic (exact) mass is 430 g/mol. The molecule has 31 heavy (non-hydrogen) atoms. The van der Waals surface area contributed by atoms with Crippen LogP contribution in [0.1, 0.15) is 42.4 Å². The fourth-order valence-corrected chi connectivity index (χ4v) is 6.08. The Labute approximate surface area is 184 Å². The van der Waals surface area contributed by atoms with Gasteiger partial charge >= 0.3 is 0 Å². The SMILES string of the molecule is COc1c(C)cc(C)cc1CN1C[C@@H]2[C@H](CNC(=O)C3CC3)[C@H]3CC[C@]2(C1)O3.O=CO. The highest BCUT2D eigenvalue weighted by Gasteiger charge is 2.62. The first-order valence-electron chi connectivity index (χ1n) is 11.3. The Hall–Kier alpha value is -2.12. The van der Waals surface area contributed by atoms with Crippen LogP contribution in [0.4, 0.5) is 0 Å². The van der Waals surface area contributed by atoms with Crippen molar-refractivity contribution < 1.29 is 24.2 Å². The molecule has 1 aromatic carbocycles. The van der Waals surface area contributed by atoms with Gasteiger partial charge in [0.1, 0.15) is 5.75 Å². The molecular weight excluding hydrogens is 396 g/mol. The largest absolute Gasteiger partial charge is 0.496 e. The highest BCUT2D eigenvalue weighted by Crippen LogP contribution is 2.55. The zero-order valence-electron chi connectivity index (χ0n) is 18.7. The average molecular weight is 431 g/mol. The molecule has 0 aromatic heterocycles. The molecule has 5 rings (SSSR count). The standard InChI is InChI=1S/C23H32N2O3.CH2O2/c1-14-8-15(2)21(27-3)17(9-14)11-25-12-19-18(10-24-22(26)16-4-5-16)20-6-7-23(19,13-25)28-20;2-1-3/h8-9,16,18-20H,4-7,10-13H2,1-3H3,(H,24,26);1H,(H,2,3)/t18-,19+,20+,23+;/m0./s1. The number of benzene rings is 1. The second-order valence-electron chi connectivity index (χ2n) is 9.60. The second-order valence-corrected chi connectivity index (χ2v) is 9.60. The molecule has 3 aliphatic heterocycles. The van der Waals surface area contributed by atoms with E-state index >= 15 is 0 Å². The maximum atomic E-state index is 12.1. The van der Waals surface area contributed by atoms with Gasteiger partial charge in [-0.1, -0.05) is 17.7 Å². The van der Waals surface area contributed by atoms with E-state index in [1.807, 2.05) is 0 Å². The van der Waals surface area contributed by atoms with E-state index < -0.39 is 0 Å². The normalized spacial score (nSPS) is 31.0. The summed E-state index contributed by atoms with van der Waals surface area (Å²) in [5.41, 5.74) is 3.76. The molecule has 4 fully saturated rings. The fraction of sp³-hybridized carbons (Fsp3) is 0.667. The lowest BCUT2D eigenvalue weighted by atomic mass is 9.73. The van der Waals surface area contributed by atoms with Crippen molar-refractivity contribution in [2.45, 2.75) is 57.8 Å². The van der Waals surface area contributed by atoms with Gasteiger partial charge in [-0.15, -0.1) is 0 Å². The third-order valence-corrected chi connectivity index (χ3v) is 7.41. The van der Waals surface area contributed by atoms with Crippen molar-refractivity contribution in [1.29, 1.82) is 0 Å². The van der Waals surface area contributed by atoms with Gasteiger partial charge in [-0.2, -0.15) is 0 Å². The Bertz CT molecular complexity index is 840. The van der Waals surface area contributed by atoms with Crippen LogP contribution in [-0.4, -0.2) is 60.8 Å². The number of likely N-dealkylation sites (tertiary alicyclic amines) is 1. The van der Waals surface area contributed by atoms with E-state index in [1.165, 1.54) is 16.7 Å². The van der Waals surface area contributed by atoms with Crippen molar-refractivity contribution in [1.82, 2.24) is 10.2 Å². The Morgan fingerprint density at radius 1 is 1.35 bits per heavy atom. The van der Waals surface area contributed by atoms with Crippen LogP contribution in [0.2, 0.25) is 0 Å². The van der Waals surface area contributed by atoms with Gasteiger partial charge in [0, 0.05) is 49.5 Å². The number of hydrogen-bond donors (Lipinski definition) is 2. The van der Waals surface area contributed by atoms with Crippen LogP contribution >= 0.6 is 0 Å². The fourth-order valence-electron chi connectivity index (χ4n) is 6.08. The number of carboxylic acid groups (broad SMARTS) is 1. The zero-order chi connectivity index (χ0) is 22.2. The first-order chi connectivity index (χ1) is 14.9. The molecule has 170 valence electrons. The van der Waals surface area contributed by atoms with Gasteiger partial charge in [-0.05, 0) is 45.1 Å². The molecule has 1 amide bonds. The summed E-state index contributed by atoms with van der Waals surface area (Å²) >= 11 is 0. The third kappa shape index (κ3) is 4.30. The van der Waals surface area contributed by atoms with Crippen molar-refractivity contribution in [2.24, 2.45) is 17.8 Å². The molecule has 0 unspecified atom stereocenters. The van der Waals surface area contributed by atoms with E-state index in [1.54, 1.807) is 7.11 Å². The van der Waals surface area contributed by atoms with Crippen molar-refractivity contribution in [3.8, 4) is 5.75 Å². The van der Waals surface area contributed by atoms with E-state index in [0.717, 1.165) is 57.6 Å². The Morgan fingerprint density at radius 2 is 2.10 bits per heavy atom. The lowest BCUT2D eigenvalue weighted by Gasteiger charge is -2.29. The summed E-state index contributed by atoms with van der Waals surface area (Å²) in [7, 11) is 1.77. The van der Waals surface area contributed by atoms with Crippen LogP contribution in [0.5, 0.6) is 5.75 Å². The summed E-state index contributed by atoms with van der Waals surface area (Å²) in [4.78, 5) is 23.0. The summed E-state index contributed by atoms with van der Waals surface area (Å²) in [5, 5.41) is 10.1. The predicted molar refractivity (Wildman–Crippen MR) is 116 cm³/mol. The number of ether oxygens (including phenoxy) is 2. The van der Waals surface area contributed by atoms with Crippen LogP contribution in [-0.2, 0) is 20.9 Å². The molecule has 3 heterocycles. The molecule has 0 radical (unpaired) electrons. The third-order valence-electron chi connectivity index (χ3n) is 7.41. The molecule has 7 nitrogen and oxygen atoms in total. The van der Waals surface area contributed by atoms with Crippen LogP contribution < -0.4 is 10.1 Å². The van der Waals surface area contributed by atoms with E-state index in [2.05, 4.69) is 36.2 Å². The molecule has 1 aromatic rings. The van der Waals surface area contributed by atoms with E-state index in [9.17, 15) is 4.79 Å². The Morgan fingerprint density at radius 3 is 2.77 bits per heavy atom. The van der Waals surface area contributed by atoms with Gasteiger partial charge in [0.15, 0.2) is 0 Å². The van der Waals surface area contributed by atoms with Gasteiger partial charge in [0.2, 0.25) is 5.91 Å². The van der Waals surface area contributed by atoms with Crippen molar-refractivity contribution in [2.75, 3.05) is 26.7 Å². The summed E-state index contributed by atoms with van der Waals surface area (Å²) < 4.78 is 12.3. The van der Waals surface area contributed by atoms with Crippen molar-refractivity contribution >= 4 is 12.4 Å². The predicted octanol–water partition coefficient (Wildman–Crippen LogP) is 2.52. The minimum Gasteiger partial charge on any atom is -0.496 e. The number of carbonyl (C=O) groups is 2. The lowest BCUT2D eigenvalue weighted by Crippen LogP contribution is -2.42. The second kappa shape index (κ2) is 8.79. The summed E-state index contributed by atoms with van der Waals surface area (Å²) in [6.07, 6.45) is 4.77. The summed E-state index contributed by atoms with van der Waals surface area (Å²) in [6.45, 7) is 7.76. The highest BCUT2D eigenvalue weighted by molar-refractivity contribution is 5.80. The topological polar surface area (TPSA) is 88.1 Å². The van der Waals surface area contributed by atoms with Crippen LogP contribution in [0, 0.1) is 31.6 Å². The van der Waals surface area contributed by atoms with Gasteiger partial charge in [0.05, 0.1) is 18.8 Å². The first-order valence-corrected chi connectivity index (χ1v) is 11.3. The molecular formula is C24H34N2O5. The lowest BCUT2D eigenvalue weighted by molar-refractivity contribution is -0.123. The van der Waals surface area contributed by atoms with Gasteiger partial charge in [0.25, 0.3) is 6.47 Å². The molecule has 3 saturated heterocycles. The number of fused-ring (bicyclic) bond motifs is 1. The number of rotatable bonds is 6. The minimum absolute atomic E-state index is 0.00570. The van der Waals surface area contributed by atoms with Crippen LogP contribution in [0.15, 0.2) is 12.1 Å². The molecule has 4 aliphatic rings. The molecule has 2 bridgehead atoms. The number of carbonyl (C=O) groups excluding carboxylic acids is 1. The summed E-state index contributed by atoms with van der Waals surface area (Å²) in [5.74, 6) is 2.54. The maximum Gasteiger partial charge on any atom is 0.290 e. The molecule has 7 heteroatoms. The minimum atomic E-state index is -0.250. The first kappa shape index (κ1) is 22.1. The summed E-state index contributed by atoms with van der Waals surface area (Å²) in [6, 6.07) is 4.44. The van der Waals surface area contributed by atoms with Gasteiger partial charge < -0.3 is 19.9 Å². The Balaban J connectivity index is 0.000000730. The van der Waals surface area contributed by atoms with Crippen molar-refractivity contribution in [3.63, 3.8) is 0 Å². The van der Waals surface area contributed by atoms with E-state index in [-0.39, 0.29) is 23.9 Å². The zero-order valence-corrected chi connectivity index (χ0v) is 18.7. The number of nitrogens with one attached hydrogen (secondary N) is 1. The number of nitrogens with zero attached hydrogens (tertiary/aromatic N) is 1. The number of aryl methyl sites for hydroxylation is 2. The molecule has 2 N–H and O–H groups in total. The quantitative estimate of drug-likeness (QED) is 0.675. The highest BCUT2D eigenvalue weighted by atomic mass is 16.5. The molecule has 4 atom stereocenters. The maximum absolute atomic E-state index is 12.1. The number of hydrogen-bond acceptors (Lipinski definition) is 5. The van der Waals surface area contributed by atoms with Crippen LogP contribution in [0.25, 0.3) is 0 Å². The van der Waals surface area contributed by atoms with Gasteiger partial charge in [-0.25, -0.2) is 0 Å². The van der Waals surface area contributed by atoms with E-state index in [0.29, 0.717) is 17.9 Å². The molecule has 1 aliphatic carbocycles. The van der Waals surface area contributed by atoms with Gasteiger partial charge in [-0.3, -0.25) is 14.5 Å². The Kier molecular flexibility index (Phi) is 6.26. The molecule has 1 spiro atoms. The smallest absolute Gasteiger partial charge is 0.290 e. The van der Waals surface area contributed by atoms with Crippen LogP contribution in [0.3, 0.4) is 0 Å². The van der Waals surface area contributed by atoms with E-state index in [4.69, 9.17) is 19.4 Å². The van der Waals surface area contributed by atoms with Crippen molar-refractivity contribution in [3.05, 3.63) is 28.8 Å². The number of methoxy groups -OCH3 is 1. The number of amides is 1.